The Morgan fingerprint density at radius 1 is 0.515 bits per heavy atom. The number of ether oxygens (including phenoxy) is 3. The smallest absolute Gasteiger partial charge is 0.418 e. The van der Waals surface area contributed by atoms with Gasteiger partial charge in [0.2, 0.25) is 0 Å². The molecule has 0 saturated carbocycles. The van der Waals surface area contributed by atoms with E-state index in [4.69, 9.17) is 31.4 Å². The summed E-state index contributed by atoms with van der Waals surface area (Å²) in [5.41, 5.74) is 13.9. The van der Waals surface area contributed by atoms with Gasteiger partial charge in [-0.05, 0) is 108 Å². The van der Waals surface area contributed by atoms with E-state index in [9.17, 15) is 14.4 Å². The third-order valence-electron chi connectivity index (χ3n) is 3.13. The summed E-state index contributed by atoms with van der Waals surface area (Å²) >= 11 is 0. The number of unbranched alkanes of at least 4 members (excludes halogenated alkanes) is 3. The molecule has 0 radical (unpaired) electrons. The molecular formula is C24H51N3O6. The van der Waals surface area contributed by atoms with Gasteiger partial charge in [0.25, 0.3) is 0 Å². The highest BCUT2D eigenvalue weighted by atomic mass is 16.6. The molecule has 0 atom stereocenters. The zero-order valence-corrected chi connectivity index (χ0v) is 22.5. The molecule has 0 unspecified atom stereocenters. The summed E-state index contributed by atoms with van der Waals surface area (Å²) in [6.45, 7) is 18.0. The van der Waals surface area contributed by atoms with Crippen molar-refractivity contribution in [3.63, 3.8) is 0 Å². The molecule has 0 aliphatic carbocycles. The standard InChI is InChI=1S/C10H21NO2.C10H18O4.C4H12N2/c1-10(2,3)13-9(12)7-5-4-6-8-11;1-9(2,3)13-7(11)8(12)14-10(4,5)6;5-3-1-2-4-6/h4-8,11H2,1-3H3;1-6H3;1-6H2. The fourth-order valence-electron chi connectivity index (χ4n) is 1.91. The third-order valence-corrected chi connectivity index (χ3v) is 3.13. The Morgan fingerprint density at radius 2 is 0.818 bits per heavy atom. The molecule has 0 bridgehead atoms. The molecule has 0 amide bonds. The Kier molecular flexibility index (Phi) is 20.3. The molecule has 0 rings (SSSR count). The lowest BCUT2D eigenvalue weighted by atomic mass is 10.1. The molecule has 0 saturated heterocycles. The zero-order chi connectivity index (χ0) is 26.7. The van der Waals surface area contributed by atoms with E-state index in [2.05, 4.69) is 0 Å². The highest BCUT2D eigenvalue weighted by Gasteiger charge is 2.27. The second kappa shape index (κ2) is 18.7. The molecule has 0 aromatic rings. The molecule has 0 heterocycles. The first-order valence-electron chi connectivity index (χ1n) is 11.7. The Bertz CT molecular complexity index is 502. The van der Waals surface area contributed by atoms with Crippen molar-refractivity contribution >= 4 is 17.9 Å². The maximum atomic E-state index is 11.2. The molecule has 0 fully saturated rings. The van der Waals surface area contributed by atoms with Crippen LogP contribution < -0.4 is 17.2 Å². The molecule has 0 aliphatic rings. The second-order valence-corrected chi connectivity index (χ2v) is 10.5. The van der Waals surface area contributed by atoms with Gasteiger partial charge in [-0.3, -0.25) is 4.79 Å². The van der Waals surface area contributed by atoms with Gasteiger partial charge in [0.15, 0.2) is 0 Å². The van der Waals surface area contributed by atoms with Crippen molar-refractivity contribution in [3.8, 4) is 0 Å². The molecular weight excluding hydrogens is 426 g/mol. The summed E-state index contributed by atoms with van der Waals surface area (Å²) in [5, 5.41) is 0. The first-order chi connectivity index (χ1) is 14.9. The van der Waals surface area contributed by atoms with E-state index in [1.807, 2.05) is 20.8 Å². The van der Waals surface area contributed by atoms with Crippen LogP contribution in [0.2, 0.25) is 0 Å². The summed E-state index contributed by atoms with van der Waals surface area (Å²) < 4.78 is 14.8. The topological polar surface area (TPSA) is 157 Å². The molecule has 0 aromatic heterocycles. The van der Waals surface area contributed by atoms with Crippen molar-refractivity contribution in [2.75, 3.05) is 19.6 Å². The first kappa shape index (κ1) is 35.9. The van der Waals surface area contributed by atoms with Crippen LogP contribution in [0.3, 0.4) is 0 Å². The van der Waals surface area contributed by atoms with Crippen molar-refractivity contribution in [1.82, 2.24) is 0 Å². The summed E-state index contributed by atoms with van der Waals surface area (Å²) in [6.07, 6.45) is 5.52. The van der Waals surface area contributed by atoms with E-state index in [0.717, 1.165) is 45.2 Å². The second-order valence-electron chi connectivity index (χ2n) is 10.5. The Morgan fingerprint density at radius 3 is 1.09 bits per heavy atom. The SMILES string of the molecule is CC(C)(C)OC(=O)C(=O)OC(C)(C)C.CC(C)(C)OC(=O)CCCCCN.NCCCCN. The Balaban J connectivity index is -0.000000441. The van der Waals surface area contributed by atoms with Crippen LogP contribution in [0.4, 0.5) is 0 Å². The van der Waals surface area contributed by atoms with Gasteiger partial charge in [-0.2, -0.15) is 0 Å². The maximum absolute atomic E-state index is 11.2. The van der Waals surface area contributed by atoms with Gasteiger partial charge in [0, 0.05) is 6.42 Å². The minimum absolute atomic E-state index is 0.107. The van der Waals surface area contributed by atoms with Gasteiger partial charge in [0.05, 0.1) is 0 Å². The molecule has 0 aliphatic heterocycles. The summed E-state index contributed by atoms with van der Waals surface area (Å²) in [6, 6.07) is 0. The van der Waals surface area contributed by atoms with Crippen LogP contribution >= 0.6 is 0 Å². The lowest BCUT2D eigenvalue weighted by molar-refractivity contribution is -0.180. The van der Waals surface area contributed by atoms with Gasteiger partial charge in [-0.1, -0.05) is 6.42 Å². The van der Waals surface area contributed by atoms with Gasteiger partial charge < -0.3 is 31.4 Å². The summed E-state index contributed by atoms with van der Waals surface area (Å²) in [5.74, 6) is -2.01. The van der Waals surface area contributed by atoms with Crippen molar-refractivity contribution in [2.24, 2.45) is 17.2 Å². The summed E-state index contributed by atoms with van der Waals surface area (Å²) in [7, 11) is 0. The van der Waals surface area contributed by atoms with Crippen molar-refractivity contribution in [2.45, 2.75) is 118 Å². The van der Waals surface area contributed by atoms with E-state index < -0.39 is 23.1 Å². The van der Waals surface area contributed by atoms with Crippen LogP contribution in [0, 0.1) is 0 Å². The number of nitrogens with two attached hydrogens (primary N) is 3. The molecule has 0 aromatic carbocycles. The zero-order valence-electron chi connectivity index (χ0n) is 22.5. The lowest BCUT2D eigenvalue weighted by Crippen LogP contribution is -2.34. The van der Waals surface area contributed by atoms with Gasteiger partial charge >= 0.3 is 17.9 Å². The van der Waals surface area contributed by atoms with Gasteiger partial charge in [-0.15, -0.1) is 0 Å². The average Bonchev–Trinajstić information content (AvgIpc) is 2.60. The quantitative estimate of drug-likeness (QED) is 0.207. The van der Waals surface area contributed by atoms with Crippen molar-refractivity contribution in [1.29, 1.82) is 0 Å². The predicted molar refractivity (Wildman–Crippen MR) is 132 cm³/mol. The fourth-order valence-corrected chi connectivity index (χ4v) is 1.91. The Labute approximate surface area is 201 Å². The van der Waals surface area contributed by atoms with Crippen molar-refractivity contribution < 1.29 is 28.6 Å². The van der Waals surface area contributed by atoms with Crippen LogP contribution in [0.15, 0.2) is 0 Å². The highest BCUT2D eigenvalue weighted by Crippen LogP contribution is 2.11. The molecule has 6 N–H and O–H groups in total. The average molecular weight is 478 g/mol. The minimum Gasteiger partial charge on any atom is -0.460 e. The van der Waals surface area contributed by atoms with Crippen LogP contribution in [0.5, 0.6) is 0 Å². The highest BCUT2D eigenvalue weighted by molar-refractivity contribution is 6.29. The van der Waals surface area contributed by atoms with E-state index in [0.29, 0.717) is 13.0 Å². The van der Waals surface area contributed by atoms with Gasteiger partial charge in [-0.25, -0.2) is 9.59 Å². The largest absolute Gasteiger partial charge is 0.460 e. The number of hydrogen-bond donors (Lipinski definition) is 3. The first-order valence-corrected chi connectivity index (χ1v) is 11.7. The van der Waals surface area contributed by atoms with E-state index >= 15 is 0 Å². The predicted octanol–water partition coefficient (Wildman–Crippen LogP) is 3.20. The van der Waals surface area contributed by atoms with Crippen LogP contribution in [-0.4, -0.2) is 54.3 Å². The Hall–Kier alpha value is -1.71. The number of carbonyl (C=O) groups is 3. The molecule has 198 valence electrons. The van der Waals surface area contributed by atoms with Gasteiger partial charge in [0.1, 0.15) is 16.8 Å². The maximum Gasteiger partial charge on any atom is 0.418 e. The normalized spacial score (nSPS) is 11.3. The van der Waals surface area contributed by atoms with E-state index in [1.165, 1.54) is 0 Å². The molecule has 0 spiro atoms. The van der Waals surface area contributed by atoms with E-state index in [-0.39, 0.29) is 11.6 Å². The summed E-state index contributed by atoms with van der Waals surface area (Å²) in [4.78, 5) is 33.4. The van der Waals surface area contributed by atoms with Crippen LogP contribution in [-0.2, 0) is 28.6 Å². The van der Waals surface area contributed by atoms with Crippen LogP contribution in [0.1, 0.15) is 101 Å². The molecule has 9 nitrogen and oxygen atoms in total. The minimum atomic E-state index is -0.951. The monoisotopic (exact) mass is 477 g/mol. The van der Waals surface area contributed by atoms with E-state index in [1.54, 1.807) is 41.5 Å². The lowest BCUT2D eigenvalue weighted by Gasteiger charge is -2.22. The number of esters is 3. The molecule has 33 heavy (non-hydrogen) atoms. The molecule has 9 heteroatoms. The van der Waals surface area contributed by atoms with Crippen LogP contribution in [0.25, 0.3) is 0 Å². The third kappa shape index (κ3) is 35.1. The fraction of sp³-hybridized carbons (Fsp3) is 0.875. The van der Waals surface area contributed by atoms with Crippen molar-refractivity contribution in [3.05, 3.63) is 0 Å². The number of rotatable bonds is 8. The number of hydrogen-bond acceptors (Lipinski definition) is 9. The number of carbonyl (C=O) groups excluding carboxylic acids is 3.